The maximum atomic E-state index is 5.57. The van der Waals surface area contributed by atoms with Crippen LogP contribution in [0.15, 0.2) is 6.20 Å². The topological polar surface area (TPSA) is 51.4 Å². The first-order valence-electron chi connectivity index (χ1n) is 5.09. The number of hydrogen-bond donors (Lipinski definition) is 1. The first kappa shape index (κ1) is 12.4. The summed E-state index contributed by atoms with van der Waals surface area (Å²) in [6, 6.07) is 0.428. The van der Waals surface area contributed by atoms with Crippen molar-refractivity contribution in [1.82, 2.24) is 4.98 Å². The van der Waals surface area contributed by atoms with Crippen LogP contribution in [0.1, 0.15) is 18.7 Å². The molecule has 2 N–H and O–H groups in total. The van der Waals surface area contributed by atoms with Crippen molar-refractivity contribution >= 4 is 16.5 Å². The Morgan fingerprint density at radius 1 is 1.60 bits per heavy atom. The Morgan fingerprint density at radius 2 is 2.33 bits per heavy atom. The number of ether oxygens (including phenoxy) is 1. The molecule has 0 fully saturated rings. The van der Waals surface area contributed by atoms with Crippen molar-refractivity contribution in [3.05, 3.63) is 11.1 Å². The van der Waals surface area contributed by atoms with E-state index in [1.54, 1.807) is 18.4 Å². The highest BCUT2D eigenvalue weighted by molar-refractivity contribution is 7.15. The van der Waals surface area contributed by atoms with Crippen molar-refractivity contribution in [2.24, 2.45) is 5.73 Å². The van der Waals surface area contributed by atoms with Gasteiger partial charge in [0.15, 0.2) is 5.13 Å². The van der Waals surface area contributed by atoms with E-state index in [0.29, 0.717) is 12.6 Å². The summed E-state index contributed by atoms with van der Waals surface area (Å²) in [5.74, 6) is 0. The lowest BCUT2D eigenvalue weighted by Gasteiger charge is -2.25. The van der Waals surface area contributed by atoms with Crippen LogP contribution < -0.4 is 10.6 Å². The Bertz CT molecular complexity index is 288. The minimum Gasteiger partial charge on any atom is -0.383 e. The molecule has 15 heavy (non-hydrogen) atoms. The Hall–Kier alpha value is -0.650. The van der Waals surface area contributed by atoms with Gasteiger partial charge in [-0.3, -0.25) is 0 Å². The van der Waals surface area contributed by atoms with Crippen LogP contribution in [0.25, 0.3) is 0 Å². The Kier molecular flexibility index (Phi) is 5.01. The number of anilines is 1. The molecule has 0 saturated heterocycles. The third kappa shape index (κ3) is 3.44. The fraction of sp³-hybridized carbons (Fsp3) is 0.700. The summed E-state index contributed by atoms with van der Waals surface area (Å²) in [6.45, 7) is 6.45. The number of nitrogens with two attached hydrogens (primary N) is 1. The van der Waals surface area contributed by atoms with E-state index in [0.717, 1.165) is 23.2 Å². The third-order valence-corrected chi connectivity index (χ3v) is 3.20. The highest BCUT2D eigenvalue weighted by Gasteiger charge is 2.13. The van der Waals surface area contributed by atoms with Crippen molar-refractivity contribution < 1.29 is 4.74 Å². The zero-order valence-electron chi connectivity index (χ0n) is 9.56. The van der Waals surface area contributed by atoms with Gasteiger partial charge in [-0.15, -0.1) is 11.3 Å². The maximum Gasteiger partial charge on any atom is 0.185 e. The van der Waals surface area contributed by atoms with E-state index in [1.807, 2.05) is 6.20 Å². The number of thiazole rings is 1. The van der Waals surface area contributed by atoms with Gasteiger partial charge in [-0.25, -0.2) is 4.98 Å². The minimum absolute atomic E-state index is 0.428. The molecule has 0 spiro atoms. The van der Waals surface area contributed by atoms with E-state index >= 15 is 0 Å². The molecule has 1 aromatic rings. The lowest BCUT2D eigenvalue weighted by Crippen LogP contribution is -2.33. The fourth-order valence-corrected chi connectivity index (χ4v) is 2.24. The molecular formula is C10H19N3OS. The Labute approximate surface area is 95.1 Å². The maximum absolute atomic E-state index is 5.57. The predicted octanol–water partition coefficient (Wildman–Crippen LogP) is 1.46. The predicted molar refractivity (Wildman–Crippen MR) is 64.4 cm³/mol. The quantitative estimate of drug-likeness (QED) is 0.802. The van der Waals surface area contributed by atoms with E-state index < -0.39 is 0 Å². The largest absolute Gasteiger partial charge is 0.383 e. The average molecular weight is 229 g/mol. The molecule has 0 unspecified atom stereocenters. The van der Waals surface area contributed by atoms with Gasteiger partial charge in [0.25, 0.3) is 0 Å². The zero-order chi connectivity index (χ0) is 11.3. The molecule has 1 heterocycles. The monoisotopic (exact) mass is 229 g/mol. The molecule has 0 aliphatic carbocycles. The molecule has 0 aromatic carbocycles. The molecule has 0 aliphatic heterocycles. The van der Waals surface area contributed by atoms with Crippen LogP contribution in [0.3, 0.4) is 0 Å². The van der Waals surface area contributed by atoms with Crippen molar-refractivity contribution in [2.75, 3.05) is 25.2 Å². The lowest BCUT2D eigenvalue weighted by molar-refractivity contribution is 0.204. The average Bonchev–Trinajstić information content (AvgIpc) is 2.66. The summed E-state index contributed by atoms with van der Waals surface area (Å²) in [7, 11) is 1.71. The van der Waals surface area contributed by atoms with Crippen LogP contribution in [0, 0.1) is 0 Å². The number of aromatic nitrogens is 1. The smallest absolute Gasteiger partial charge is 0.185 e. The van der Waals surface area contributed by atoms with E-state index in [2.05, 4.69) is 23.7 Å². The van der Waals surface area contributed by atoms with Crippen molar-refractivity contribution in [3.8, 4) is 0 Å². The van der Waals surface area contributed by atoms with Gasteiger partial charge in [0.1, 0.15) is 0 Å². The fourth-order valence-electron chi connectivity index (χ4n) is 1.29. The van der Waals surface area contributed by atoms with Gasteiger partial charge in [0.05, 0.1) is 6.61 Å². The van der Waals surface area contributed by atoms with Crippen LogP contribution in [-0.4, -0.2) is 31.3 Å². The normalized spacial score (nSPS) is 11.0. The van der Waals surface area contributed by atoms with Crippen molar-refractivity contribution in [2.45, 2.75) is 26.4 Å². The number of nitrogens with zero attached hydrogens (tertiary/aromatic N) is 2. The highest BCUT2D eigenvalue weighted by Crippen LogP contribution is 2.23. The third-order valence-electron chi connectivity index (χ3n) is 2.15. The Balaban J connectivity index is 2.70. The highest BCUT2D eigenvalue weighted by atomic mass is 32.1. The van der Waals surface area contributed by atoms with Gasteiger partial charge in [0, 0.05) is 37.3 Å². The van der Waals surface area contributed by atoms with E-state index in [1.165, 1.54) is 0 Å². The van der Waals surface area contributed by atoms with Crippen molar-refractivity contribution in [1.29, 1.82) is 0 Å². The van der Waals surface area contributed by atoms with E-state index in [4.69, 9.17) is 10.5 Å². The molecule has 1 aromatic heterocycles. The summed E-state index contributed by atoms with van der Waals surface area (Å²) in [4.78, 5) is 7.72. The van der Waals surface area contributed by atoms with Gasteiger partial charge in [-0.2, -0.15) is 0 Å². The summed E-state index contributed by atoms with van der Waals surface area (Å²) in [6.07, 6.45) is 1.85. The van der Waals surface area contributed by atoms with Gasteiger partial charge in [0.2, 0.25) is 0 Å². The molecule has 4 nitrogen and oxygen atoms in total. The summed E-state index contributed by atoms with van der Waals surface area (Å²) in [5.41, 5.74) is 5.57. The molecule has 5 heteroatoms. The second-order valence-corrected chi connectivity index (χ2v) is 4.69. The molecule has 1 rings (SSSR count). The van der Waals surface area contributed by atoms with Gasteiger partial charge >= 0.3 is 0 Å². The number of hydrogen-bond acceptors (Lipinski definition) is 5. The molecule has 0 aliphatic rings. The van der Waals surface area contributed by atoms with Crippen molar-refractivity contribution in [3.63, 3.8) is 0 Å². The molecule has 0 atom stereocenters. The van der Waals surface area contributed by atoms with Gasteiger partial charge in [-0.1, -0.05) is 0 Å². The van der Waals surface area contributed by atoms with Crippen LogP contribution >= 0.6 is 11.3 Å². The lowest BCUT2D eigenvalue weighted by atomic mass is 10.3. The molecule has 86 valence electrons. The first-order chi connectivity index (χ1) is 7.19. The SMILES string of the molecule is COCCN(c1ncc(CN)s1)C(C)C. The molecular weight excluding hydrogens is 210 g/mol. The number of rotatable bonds is 6. The van der Waals surface area contributed by atoms with Crippen LogP contribution in [0.5, 0.6) is 0 Å². The Morgan fingerprint density at radius 3 is 2.80 bits per heavy atom. The summed E-state index contributed by atoms with van der Waals surface area (Å²) in [5, 5.41) is 1.03. The molecule has 0 saturated carbocycles. The van der Waals surface area contributed by atoms with Gasteiger partial charge < -0.3 is 15.4 Å². The van der Waals surface area contributed by atoms with Crippen LogP contribution in [0.4, 0.5) is 5.13 Å². The van der Waals surface area contributed by atoms with Crippen LogP contribution in [-0.2, 0) is 11.3 Å². The molecule has 0 amide bonds. The standard InChI is InChI=1S/C10H19N3OS/c1-8(2)13(4-5-14-3)10-12-7-9(6-11)15-10/h7-8H,4-6,11H2,1-3H3. The molecule has 0 radical (unpaired) electrons. The second-order valence-electron chi connectivity index (χ2n) is 3.59. The second kappa shape index (κ2) is 6.05. The summed E-state index contributed by atoms with van der Waals surface area (Å²) < 4.78 is 5.09. The molecule has 0 bridgehead atoms. The minimum atomic E-state index is 0.428. The zero-order valence-corrected chi connectivity index (χ0v) is 10.4. The summed E-state index contributed by atoms with van der Waals surface area (Å²) >= 11 is 1.65. The number of methoxy groups -OCH3 is 1. The van der Waals surface area contributed by atoms with E-state index in [9.17, 15) is 0 Å². The van der Waals surface area contributed by atoms with Gasteiger partial charge in [-0.05, 0) is 13.8 Å². The van der Waals surface area contributed by atoms with E-state index in [-0.39, 0.29) is 0 Å². The van der Waals surface area contributed by atoms with Crippen LogP contribution in [0.2, 0.25) is 0 Å². The first-order valence-corrected chi connectivity index (χ1v) is 5.91.